The van der Waals surface area contributed by atoms with Crippen LogP contribution in [0.3, 0.4) is 0 Å². The summed E-state index contributed by atoms with van der Waals surface area (Å²) in [5.74, 6) is 0. The first-order valence-electron chi connectivity index (χ1n) is 7.05. The molecule has 0 aromatic rings. The van der Waals surface area contributed by atoms with E-state index in [1.54, 1.807) is 7.11 Å². The van der Waals surface area contributed by atoms with Gasteiger partial charge in [-0.15, -0.1) is 0 Å². The zero-order chi connectivity index (χ0) is 13.8. The van der Waals surface area contributed by atoms with E-state index in [-0.39, 0.29) is 5.41 Å². The van der Waals surface area contributed by atoms with Crippen molar-refractivity contribution in [1.29, 1.82) is 0 Å². The van der Waals surface area contributed by atoms with E-state index in [2.05, 4.69) is 39.5 Å². The second-order valence-electron chi connectivity index (χ2n) is 7.59. The zero-order valence-electron chi connectivity index (χ0n) is 13.1. The molecule has 108 valence electrons. The molecule has 0 aliphatic carbocycles. The molecule has 1 rings (SSSR count). The number of morpholine rings is 1. The molecule has 1 unspecified atom stereocenters. The van der Waals surface area contributed by atoms with Crippen LogP contribution < -0.4 is 0 Å². The third-order valence-corrected chi connectivity index (χ3v) is 3.24. The summed E-state index contributed by atoms with van der Waals surface area (Å²) < 4.78 is 11.2. The number of nitrogens with zero attached hydrogens (tertiary/aromatic N) is 1. The van der Waals surface area contributed by atoms with Gasteiger partial charge in [-0.05, 0) is 17.3 Å². The molecule has 0 saturated carbocycles. The van der Waals surface area contributed by atoms with Crippen molar-refractivity contribution in [2.45, 2.75) is 47.1 Å². The van der Waals surface area contributed by atoms with Crippen molar-refractivity contribution < 1.29 is 9.47 Å². The molecule has 1 fully saturated rings. The highest BCUT2D eigenvalue weighted by Crippen LogP contribution is 2.26. The molecule has 18 heavy (non-hydrogen) atoms. The third kappa shape index (κ3) is 6.17. The first-order valence-corrected chi connectivity index (χ1v) is 7.05. The van der Waals surface area contributed by atoms with E-state index in [1.807, 2.05) is 0 Å². The Hall–Kier alpha value is -0.120. The number of hydrogen-bond donors (Lipinski definition) is 0. The summed E-state index contributed by atoms with van der Waals surface area (Å²) in [7, 11) is 1.77. The van der Waals surface area contributed by atoms with E-state index in [1.165, 1.54) is 0 Å². The van der Waals surface area contributed by atoms with E-state index in [0.29, 0.717) is 11.5 Å². The molecule has 0 spiro atoms. The Labute approximate surface area is 113 Å². The Morgan fingerprint density at radius 2 is 1.89 bits per heavy atom. The van der Waals surface area contributed by atoms with Crippen LogP contribution in [0.5, 0.6) is 0 Å². The highest BCUT2D eigenvalue weighted by molar-refractivity contribution is 4.80. The quantitative estimate of drug-likeness (QED) is 0.756. The summed E-state index contributed by atoms with van der Waals surface area (Å²) in [6.45, 7) is 16.3. The maximum absolute atomic E-state index is 5.91. The number of hydrogen-bond acceptors (Lipinski definition) is 3. The molecule has 0 N–H and O–H groups in total. The average Bonchev–Trinajstić information content (AvgIpc) is 2.13. The Morgan fingerprint density at radius 3 is 2.44 bits per heavy atom. The van der Waals surface area contributed by atoms with Gasteiger partial charge in [0.25, 0.3) is 0 Å². The molecule has 1 saturated heterocycles. The van der Waals surface area contributed by atoms with Crippen LogP contribution in [-0.2, 0) is 9.47 Å². The smallest absolute Gasteiger partial charge is 0.0708 e. The molecule has 1 atom stereocenters. The zero-order valence-corrected chi connectivity index (χ0v) is 13.1. The summed E-state index contributed by atoms with van der Waals surface area (Å²) >= 11 is 0. The fourth-order valence-electron chi connectivity index (χ4n) is 2.78. The van der Waals surface area contributed by atoms with Gasteiger partial charge in [0.1, 0.15) is 0 Å². The molecule has 3 heteroatoms. The van der Waals surface area contributed by atoms with Crippen LogP contribution in [0.2, 0.25) is 0 Å². The van der Waals surface area contributed by atoms with Gasteiger partial charge in [0.2, 0.25) is 0 Å². The van der Waals surface area contributed by atoms with Crippen molar-refractivity contribution in [2.24, 2.45) is 10.8 Å². The summed E-state index contributed by atoms with van der Waals surface area (Å²) in [4.78, 5) is 2.54. The molecule has 1 heterocycles. The lowest BCUT2D eigenvalue weighted by atomic mass is 9.87. The maximum atomic E-state index is 5.91. The summed E-state index contributed by atoms with van der Waals surface area (Å²) in [6, 6.07) is 0. The van der Waals surface area contributed by atoms with Gasteiger partial charge in [0, 0.05) is 26.7 Å². The minimum atomic E-state index is 0.199. The van der Waals surface area contributed by atoms with E-state index >= 15 is 0 Å². The molecule has 3 nitrogen and oxygen atoms in total. The topological polar surface area (TPSA) is 21.7 Å². The fourth-order valence-corrected chi connectivity index (χ4v) is 2.78. The lowest BCUT2D eigenvalue weighted by molar-refractivity contribution is -0.0621. The van der Waals surface area contributed by atoms with Crippen LogP contribution >= 0.6 is 0 Å². The van der Waals surface area contributed by atoms with Crippen molar-refractivity contribution in [2.75, 3.05) is 40.0 Å². The second-order valence-corrected chi connectivity index (χ2v) is 7.59. The first-order chi connectivity index (χ1) is 8.22. The highest BCUT2D eigenvalue weighted by Gasteiger charge is 2.29. The van der Waals surface area contributed by atoms with Gasteiger partial charge in [0.05, 0.1) is 19.3 Å². The maximum Gasteiger partial charge on any atom is 0.0708 e. The summed E-state index contributed by atoms with van der Waals surface area (Å²) in [5.41, 5.74) is 0.564. The van der Waals surface area contributed by atoms with Gasteiger partial charge >= 0.3 is 0 Å². The molecule has 1 aliphatic rings. The van der Waals surface area contributed by atoms with E-state index in [4.69, 9.17) is 9.47 Å². The van der Waals surface area contributed by atoms with Crippen LogP contribution in [0.25, 0.3) is 0 Å². The van der Waals surface area contributed by atoms with Crippen molar-refractivity contribution in [1.82, 2.24) is 4.90 Å². The van der Waals surface area contributed by atoms with Crippen molar-refractivity contribution in [3.63, 3.8) is 0 Å². The second kappa shape index (κ2) is 6.36. The summed E-state index contributed by atoms with van der Waals surface area (Å²) in [5, 5.41) is 0. The van der Waals surface area contributed by atoms with Crippen molar-refractivity contribution >= 4 is 0 Å². The Balaban J connectivity index is 2.44. The lowest BCUT2D eigenvalue weighted by Gasteiger charge is -2.39. The minimum absolute atomic E-state index is 0.199. The van der Waals surface area contributed by atoms with E-state index in [0.717, 1.165) is 39.3 Å². The normalized spacial score (nSPS) is 23.3. The van der Waals surface area contributed by atoms with Crippen LogP contribution in [0.1, 0.15) is 41.0 Å². The van der Waals surface area contributed by atoms with Crippen molar-refractivity contribution in [3.8, 4) is 0 Å². The predicted octanol–water partition coefficient (Wildman–Crippen LogP) is 2.80. The first kappa shape index (κ1) is 15.9. The van der Waals surface area contributed by atoms with E-state index < -0.39 is 0 Å². The molecule has 1 aliphatic heterocycles. The van der Waals surface area contributed by atoms with Crippen LogP contribution in [0.4, 0.5) is 0 Å². The average molecular weight is 257 g/mol. The lowest BCUT2D eigenvalue weighted by Crippen LogP contribution is -2.47. The predicted molar refractivity (Wildman–Crippen MR) is 75.9 cm³/mol. The molecule has 0 aromatic carbocycles. The minimum Gasteiger partial charge on any atom is -0.384 e. The van der Waals surface area contributed by atoms with Gasteiger partial charge in [-0.3, -0.25) is 4.90 Å². The molecular formula is C15H31NO2. The molecule has 0 bridgehead atoms. The molecule has 0 radical (unpaired) electrons. The molecular weight excluding hydrogens is 226 g/mol. The van der Waals surface area contributed by atoms with Gasteiger partial charge in [0.15, 0.2) is 0 Å². The van der Waals surface area contributed by atoms with Crippen molar-refractivity contribution in [3.05, 3.63) is 0 Å². The van der Waals surface area contributed by atoms with Gasteiger partial charge in [-0.2, -0.15) is 0 Å². The fraction of sp³-hybridized carbons (Fsp3) is 1.00. The van der Waals surface area contributed by atoms with Gasteiger partial charge in [-0.25, -0.2) is 0 Å². The molecule has 0 aromatic heterocycles. The van der Waals surface area contributed by atoms with Crippen LogP contribution in [0.15, 0.2) is 0 Å². The van der Waals surface area contributed by atoms with Crippen LogP contribution in [0, 0.1) is 10.8 Å². The monoisotopic (exact) mass is 257 g/mol. The van der Waals surface area contributed by atoms with Gasteiger partial charge in [-0.1, -0.05) is 34.6 Å². The standard InChI is InChI=1S/C15H31NO2/c1-14(2,3)11-16-7-8-18-13(10-16)9-15(4,5)12-17-6/h13H,7-12H2,1-6H3. The highest BCUT2D eigenvalue weighted by atomic mass is 16.5. The Kier molecular flexibility index (Phi) is 5.63. The largest absolute Gasteiger partial charge is 0.384 e. The molecule has 0 amide bonds. The summed E-state index contributed by atoms with van der Waals surface area (Å²) in [6.07, 6.45) is 1.42. The Morgan fingerprint density at radius 1 is 1.22 bits per heavy atom. The number of methoxy groups -OCH3 is 1. The Bertz CT molecular complexity index is 245. The van der Waals surface area contributed by atoms with Crippen LogP contribution in [-0.4, -0.2) is 51.0 Å². The van der Waals surface area contributed by atoms with Gasteiger partial charge < -0.3 is 9.47 Å². The number of ether oxygens (including phenoxy) is 2. The van der Waals surface area contributed by atoms with E-state index in [9.17, 15) is 0 Å². The third-order valence-electron chi connectivity index (χ3n) is 3.24. The number of rotatable bonds is 5. The SMILES string of the molecule is COCC(C)(C)CC1CN(CC(C)(C)C)CCO1.